The van der Waals surface area contributed by atoms with Crippen LogP contribution in [-0.2, 0) is 0 Å². The number of amides is 1. The highest BCUT2D eigenvalue weighted by molar-refractivity contribution is 6.34. The average molecular weight is 297 g/mol. The van der Waals surface area contributed by atoms with Crippen LogP contribution in [0.1, 0.15) is 0 Å². The van der Waals surface area contributed by atoms with E-state index in [1.54, 1.807) is 24.3 Å². The van der Waals surface area contributed by atoms with Crippen LogP contribution in [0.2, 0.25) is 10.2 Å². The summed E-state index contributed by atoms with van der Waals surface area (Å²) in [5.74, 6) is 0. The fourth-order valence-corrected chi connectivity index (χ4v) is 2.08. The van der Waals surface area contributed by atoms with Crippen LogP contribution in [0.15, 0.2) is 36.5 Å². The highest BCUT2D eigenvalue weighted by Gasteiger charge is 2.17. The smallest absolute Gasteiger partial charge is 0.411 e. The van der Waals surface area contributed by atoms with E-state index >= 15 is 0 Å². The molecule has 0 spiro atoms. The molecule has 2 rings (SSSR count). The molecular formula is C13H10Cl2N2O2. The Kier molecular flexibility index (Phi) is 3.93. The van der Waals surface area contributed by atoms with E-state index in [0.29, 0.717) is 21.8 Å². The Morgan fingerprint density at radius 2 is 1.95 bits per heavy atom. The predicted octanol–water partition coefficient (Wildman–Crippen LogP) is 4.17. The fourth-order valence-electron chi connectivity index (χ4n) is 1.69. The number of benzene rings is 1. The molecule has 0 saturated heterocycles. The number of nitrogens with zero attached hydrogens (tertiary/aromatic N) is 2. The quantitative estimate of drug-likeness (QED) is 0.846. The lowest BCUT2D eigenvalue weighted by Crippen LogP contribution is -2.24. The van der Waals surface area contributed by atoms with Crippen molar-refractivity contribution in [1.29, 1.82) is 0 Å². The normalized spacial score (nSPS) is 10.3. The summed E-state index contributed by atoms with van der Waals surface area (Å²) in [7, 11) is 1.44. The number of halogens is 2. The topological polar surface area (TPSA) is 53.4 Å². The zero-order chi connectivity index (χ0) is 14.0. The van der Waals surface area contributed by atoms with Crippen molar-refractivity contribution >= 4 is 35.0 Å². The van der Waals surface area contributed by atoms with E-state index < -0.39 is 6.09 Å². The monoisotopic (exact) mass is 296 g/mol. The van der Waals surface area contributed by atoms with Gasteiger partial charge < -0.3 is 5.11 Å². The van der Waals surface area contributed by atoms with Gasteiger partial charge >= 0.3 is 6.09 Å². The van der Waals surface area contributed by atoms with Gasteiger partial charge in [-0.1, -0.05) is 41.4 Å². The number of hydrogen-bond acceptors (Lipinski definition) is 2. The van der Waals surface area contributed by atoms with Crippen molar-refractivity contribution in [2.24, 2.45) is 0 Å². The maximum Gasteiger partial charge on any atom is 0.411 e. The number of pyridine rings is 1. The van der Waals surface area contributed by atoms with Crippen molar-refractivity contribution in [2.45, 2.75) is 0 Å². The van der Waals surface area contributed by atoms with E-state index in [0.717, 1.165) is 4.90 Å². The lowest BCUT2D eigenvalue weighted by molar-refractivity contribution is 0.203. The molecule has 0 atom stereocenters. The van der Waals surface area contributed by atoms with Crippen LogP contribution in [0.3, 0.4) is 0 Å². The van der Waals surface area contributed by atoms with Gasteiger partial charge in [0.1, 0.15) is 5.15 Å². The standard InChI is InChI=1S/C13H10Cl2N2O2/c1-17(13(18)19)11-7-16-12(15)6-9(11)8-4-2-3-5-10(8)14/h2-7H,1H3,(H,18,19). The third kappa shape index (κ3) is 2.80. The first-order valence-electron chi connectivity index (χ1n) is 5.38. The number of anilines is 1. The van der Waals surface area contributed by atoms with E-state index in [4.69, 9.17) is 28.3 Å². The highest BCUT2D eigenvalue weighted by Crippen LogP contribution is 2.35. The van der Waals surface area contributed by atoms with Gasteiger partial charge in [0.2, 0.25) is 0 Å². The summed E-state index contributed by atoms with van der Waals surface area (Å²) in [6.07, 6.45) is 0.326. The van der Waals surface area contributed by atoms with Gasteiger partial charge in [-0.2, -0.15) is 0 Å². The molecule has 0 unspecified atom stereocenters. The molecule has 1 amide bonds. The fraction of sp³-hybridized carbons (Fsp3) is 0.0769. The minimum Gasteiger partial charge on any atom is -0.465 e. The SMILES string of the molecule is CN(C(=O)O)c1cnc(Cl)cc1-c1ccccc1Cl. The molecule has 0 aliphatic carbocycles. The lowest BCUT2D eigenvalue weighted by Gasteiger charge is -2.18. The molecule has 0 aliphatic heterocycles. The maximum atomic E-state index is 11.1. The Hall–Kier alpha value is -1.78. The van der Waals surface area contributed by atoms with E-state index in [-0.39, 0.29) is 5.15 Å². The number of aromatic nitrogens is 1. The number of hydrogen-bond donors (Lipinski definition) is 1. The number of carboxylic acid groups (broad SMARTS) is 1. The molecule has 1 N–H and O–H groups in total. The first kappa shape index (κ1) is 13.6. The second kappa shape index (κ2) is 5.47. The van der Waals surface area contributed by atoms with Gasteiger partial charge in [0.15, 0.2) is 0 Å². The van der Waals surface area contributed by atoms with Crippen LogP contribution in [-0.4, -0.2) is 23.2 Å². The van der Waals surface area contributed by atoms with E-state index in [2.05, 4.69) is 4.98 Å². The molecule has 0 radical (unpaired) electrons. The van der Waals surface area contributed by atoms with Gasteiger partial charge in [-0.25, -0.2) is 9.78 Å². The van der Waals surface area contributed by atoms with Crippen LogP contribution in [0.4, 0.5) is 10.5 Å². The van der Waals surface area contributed by atoms with Crippen molar-refractivity contribution in [3.8, 4) is 11.1 Å². The first-order chi connectivity index (χ1) is 9.00. The molecule has 2 aromatic rings. The molecule has 98 valence electrons. The Bertz CT molecular complexity index is 632. The molecular weight excluding hydrogens is 287 g/mol. The summed E-state index contributed by atoms with van der Waals surface area (Å²) >= 11 is 12.0. The van der Waals surface area contributed by atoms with Crippen LogP contribution in [0.5, 0.6) is 0 Å². The number of rotatable bonds is 2. The Balaban J connectivity index is 2.65. The summed E-state index contributed by atoms with van der Waals surface area (Å²) in [6.45, 7) is 0. The van der Waals surface area contributed by atoms with Gasteiger partial charge in [-0.15, -0.1) is 0 Å². The minimum absolute atomic E-state index is 0.275. The summed E-state index contributed by atoms with van der Waals surface area (Å²) in [5.41, 5.74) is 1.75. The van der Waals surface area contributed by atoms with Crippen molar-refractivity contribution in [3.05, 3.63) is 46.7 Å². The molecule has 0 aliphatic rings. The summed E-state index contributed by atoms with van der Waals surface area (Å²) in [6, 6.07) is 8.75. The number of carbonyl (C=O) groups is 1. The average Bonchev–Trinajstić information content (AvgIpc) is 2.38. The van der Waals surface area contributed by atoms with Crippen molar-refractivity contribution in [1.82, 2.24) is 4.98 Å². The van der Waals surface area contributed by atoms with Gasteiger partial charge in [-0.3, -0.25) is 4.90 Å². The summed E-state index contributed by atoms with van der Waals surface area (Å²) in [5, 5.41) is 9.87. The van der Waals surface area contributed by atoms with Crippen molar-refractivity contribution in [3.63, 3.8) is 0 Å². The molecule has 1 heterocycles. The van der Waals surface area contributed by atoms with Crippen molar-refractivity contribution in [2.75, 3.05) is 11.9 Å². The highest BCUT2D eigenvalue weighted by atomic mass is 35.5. The molecule has 1 aromatic heterocycles. The maximum absolute atomic E-state index is 11.1. The molecule has 0 fully saturated rings. The van der Waals surface area contributed by atoms with Gasteiger partial charge in [0.25, 0.3) is 0 Å². The van der Waals surface area contributed by atoms with Crippen LogP contribution in [0.25, 0.3) is 11.1 Å². The molecule has 1 aromatic carbocycles. The molecule has 0 bridgehead atoms. The molecule has 4 nitrogen and oxygen atoms in total. The van der Waals surface area contributed by atoms with E-state index in [9.17, 15) is 4.79 Å². The third-order valence-electron chi connectivity index (χ3n) is 2.66. The lowest BCUT2D eigenvalue weighted by atomic mass is 10.1. The predicted molar refractivity (Wildman–Crippen MR) is 76.1 cm³/mol. The molecule has 19 heavy (non-hydrogen) atoms. The zero-order valence-corrected chi connectivity index (χ0v) is 11.5. The summed E-state index contributed by atoms with van der Waals surface area (Å²) < 4.78 is 0. The van der Waals surface area contributed by atoms with E-state index in [1.807, 2.05) is 6.07 Å². The Morgan fingerprint density at radius 1 is 1.26 bits per heavy atom. The van der Waals surface area contributed by atoms with Crippen LogP contribution >= 0.6 is 23.2 Å². The zero-order valence-electron chi connectivity index (χ0n) is 9.97. The van der Waals surface area contributed by atoms with Crippen molar-refractivity contribution < 1.29 is 9.90 Å². The largest absolute Gasteiger partial charge is 0.465 e. The van der Waals surface area contributed by atoms with E-state index in [1.165, 1.54) is 13.2 Å². The Labute approximate surface area is 120 Å². The minimum atomic E-state index is -1.09. The molecule has 0 saturated carbocycles. The Morgan fingerprint density at radius 3 is 2.58 bits per heavy atom. The molecule has 6 heteroatoms. The summed E-state index contributed by atoms with van der Waals surface area (Å²) in [4.78, 5) is 16.1. The van der Waals surface area contributed by atoms with Gasteiger partial charge in [0, 0.05) is 23.2 Å². The van der Waals surface area contributed by atoms with Crippen LogP contribution in [0, 0.1) is 0 Å². The third-order valence-corrected chi connectivity index (χ3v) is 3.20. The second-order valence-corrected chi connectivity index (χ2v) is 4.64. The first-order valence-corrected chi connectivity index (χ1v) is 6.13. The van der Waals surface area contributed by atoms with Gasteiger partial charge in [0.05, 0.1) is 11.9 Å². The second-order valence-electron chi connectivity index (χ2n) is 3.85. The van der Waals surface area contributed by atoms with Gasteiger partial charge in [-0.05, 0) is 12.1 Å². The van der Waals surface area contributed by atoms with Crippen LogP contribution < -0.4 is 4.90 Å².